The number of hydrogen-bond acceptors (Lipinski definition) is 5. The van der Waals surface area contributed by atoms with Gasteiger partial charge in [-0.25, -0.2) is 4.98 Å². The van der Waals surface area contributed by atoms with Crippen molar-refractivity contribution in [3.8, 4) is 6.07 Å². The van der Waals surface area contributed by atoms with Gasteiger partial charge in [-0.15, -0.1) is 0 Å². The first kappa shape index (κ1) is 13.3. The fourth-order valence-electron chi connectivity index (χ4n) is 1.96. The van der Waals surface area contributed by atoms with E-state index in [0.717, 1.165) is 0 Å². The van der Waals surface area contributed by atoms with Crippen LogP contribution >= 0.6 is 0 Å². The second kappa shape index (κ2) is 5.67. The van der Waals surface area contributed by atoms with E-state index in [-0.39, 0.29) is 5.91 Å². The normalized spacial score (nSPS) is 18.8. The summed E-state index contributed by atoms with van der Waals surface area (Å²) in [4.78, 5) is 19.6. The van der Waals surface area contributed by atoms with Crippen LogP contribution in [0.15, 0.2) is 18.2 Å². The van der Waals surface area contributed by atoms with Gasteiger partial charge in [-0.2, -0.15) is 5.26 Å². The Balaban J connectivity index is 2.13. The molecule has 1 aliphatic rings. The van der Waals surface area contributed by atoms with E-state index in [1.165, 1.54) is 4.90 Å². The zero-order chi connectivity index (χ0) is 13.8. The Morgan fingerprint density at radius 1 is 1.58 bits per heavy atom. The summed E-state index contributed by atoms with van der Waals surface area (Å²) in [5.74, 6) is 0.653. The van der Waals surface area contributed by atoms with E-state index >= 15 is 0 Å². The average Bonchev–Trinajstić information content (AvgIpc) is 2.46. The Morgan fingerprint density at radius 2 is 2.37 bits per heavy atom. The third-order valence-corrected chi connectivity index (χ3v) is 2.96. The molecule has 100 valence electrons. The van der Waals surface area contributed by atoms with Gasteiger partial charge in [0.15, 0.2) is 6.10 Å². The number of amides is 1. The molecule has 1 saturated heterocycles. The highest BCUT2D eigenvalue weighted by molar-refractivity contribution is 5.81. The topological polar surface area (TPSA) is 69.5 Å². The van der Waals surface area contributed by atoms with Crippen LogP contribution < -0.4 is 4.90 Å². The SMILES string of the molecule is CN(C)C(=O)C1CN(c2cccc(C#N)n2)CCO1. The fraction of sp³-hybridized carbons (Fsp3) is 0.462. The van der Waals surface area contributed by atoms with Crippen LogP contribution in [0.1, 0.15) is 5.69 Å². The molecule has 6 heteroatoms. The number of nitriles is 1. The van der Waals surface area contributed by atoms with Crippen molar-refractivity contribution in [2.45, 2.75) is 6.10 Å². The molecular formula is C13H16N4O2. The van der Waals surface area contributed by atoms with Crippen LogP contribution in [-0.4, -0.2) is 55.7 Å². The quantitative estimate of drug-likeness (QED) is 0.762. The van der Waals surface area contributed by atoms with Gasteiger partial charge in [-0.1, -0.05) is 6.07 Å². The molecule has 0 saturated carbocycles. The van der Waals surface area contributed by atoms with Crippen LogP contribution in [0.4, 0.5) is 5.82 Å². The lowest BCUT2D eigenvalue weighted by molar-refractivity contribution is -0.141. The van der Waals surface area contributed by atoms with Gasteiger partial charge in [0.05, 0.1) is 13.2 Å². The maximum atomic E-state index is 11.9. The molecular weight excluding hydrogens is 244 g/mol. The number of anilines is 1. The van der Waals surface area contributed by atoms with Crippen LogP contribution in [0.5, 0.6) is 0 Å². The standard InChI is InChI=1S/C13H16N4O2/c1-16(2)13(18)11-9-17(6-7-19-11)12-5-3-4-10(8-14)15-12/h3-5,11H,6-7,9H2,1-2H3. The maximum absolute atomic E-state index is 11.9. The monoisotopic (exact) mass is 260 g/mol. The molecule has 0 aliphatic carbocycles. The van der Waals surface area contributed by atoms with Crippen LogP contribution in [0.2, 0.25) is 0 Å². The molecule has 1 fully saturated rings. The number of pyridine rings is 1. The van der Waals surface area contributed by atoms with Crippen molar-refractivity contribution >= 4 is 11.7 Å². The Hall–Kier alpha value is -2.13. The molecule has 19 heavy (non-hydrogen) atoms. The van der Waals surface area contributed by atoms with Gasteiger partial charge in [0.25, 0.3) is 5.91 Å². The largest absolute Gasteiger partial charge is 0.365 e. The van der Waals surface area contributed by atoms with Crippen LogP contribution in [0, 0.1) is 11.3 Å². The van der Waals surface area contributed by atoms with E-state index < -0.39 is 6.10 Å². The van der Waals surface area contributed by atoms with Gasteiger partial charge in [0.2, 0.25) is 0 Å². The zero-order valence-corrected chi connectivity index (χ0v) is 11.0. The highest BCUT2D eigenvalue weighted by Gasteiger charge is 2.28. The van der Waals surface area contributed by atoms with Crippen molar-refractivity contribution < 1.29 is 9.53 Å². The van der Waals surface area contributed by atoms with E-state index in [2.05, 4.69) is 4.98 Å². The molecule has 1 aromatic rings. The fourth-order valence-corrected chi connectivity index (χ4v) is 1.96. The van der Waals surface area contributed by atoms with E-state index in [0.29, 0.717) is 31.2 Å². The summed E-state index contributed by atoms with van der Waals surface area (Å²) in [6.45, 7) is 1.60. The molecule has 2 rings (SSSR count). The number of hydrogen-bond donors (Lipinski definition) is 0. The van der Waals surface area contributed by atoms with Crippen LogP contribution in [-0.2, 0) is 9.53 Å². The number of carbonyl (C=O) groups is 1. The summed E-state index contributed by atoms with van der Waals surface area (Å²) >= 11 is 0. The molecule has 2 heterocycles. The van der Waals surface area contributed by atoms with Crippen molar-refractivity contribution in [1.29, 1.82) is 5.26 Å². The summed E-state index contributed by atoms with van der Waals surface area (Å²) in [6.07, 6.45) is -0.476. The molecule has 1 aliphatic heterocycles. The maximum Gasteiger partial charge on any atom is 0.253 e. The van der Waals surface area contributed by atoms with Crippen molar-refractivity contribution in [3.05, 3.63) is 23.9 Å². The van der Waals surface area contributed by atoms with Crippen molar-refractivity contribution in [2.75, 3.05) is 38.7 Å². The summed E-state index contributed by atoms with van der Waals surface area (Å²) in [5.41, 5.74) is 0.375. The van der Waals surface area contributed by atoms with E-state index in [4.69, 9.17) is 10.00 Å². The van der Waals surface area contributed by atoms with Crippen molar-refractivity contribution in [3.63, 3.8) is 0 Å². The number of ether oxygens (including phenoxy) is 1. The second-order valence-corrected chi connectivity index (χ2v) is 4.53. The summed E-state index contributed by atoms with van der Waals surface area (Å²) in [6, 6.07) is 7.30. The molecule has 1 aromatic heterocycles. The first-order chi connectivity index (χ1) is 9.11. The lowest BCUT2D eigenvalue weighted by atomic mass is 10.2. The number of aromatic nitrogens is 1. The minimum atomic E-state index is -0.476. The molecule has 1 unspecified atom stereocenters. The van der Waals surface area contributed by atoms with Gasteiger partial charge in [-0.05, 0) is 12.1 Å². The number of likely N-dealkylation sites (N-methyl/N-ethyl adjacent to an activating group) is 1. The highest BCUT2D eigenvalue weighted by Crippen LogP contribution is 2.16. The Bertz CT molecular complexity index is 510. The van der Waals surface area contributed by atoms with Gasteiger partial charge in [-0.3, -0.25) is 4.79 Å². The third-order valence-electron chi connectivity index (χ3n) is 2.96. The number of carbonyl (C=O) groups excluding carboxylic acids is 1. The lowest BCUT2D eigenvalue weighted by Crippen LogP contribution is -2.49. The predicted octanol–water partition coefficient (Wildman–Crippen LogP) is 0.247. The Labute approximate surface area is 112 Å². The molecule has 6 nitrogen and oxygen atoms in total. The second-order valence-electron chi connectivity index (χ2n) is 4.53. The molecule has 0 aromatic carbocycles. The summed E-state index contributed by atoms with van der Waals surface area (Å²) < 4.78 is 5.48. The summed E-state index contributed by atoms with van der Waals surface area (Å²) in [5, 5.41) is 8.86. The first-order valence-corrected chi connectivity index (χ1v) is 6.06. The molecule has 0 N–H and O–H groups in total. The number of rotatable bonds is 2. The smallest absolute Gasteiger partial charge is 0.253 e. The van der Waals surface area contributed by atoms with Gasteiger partial charge < -0.3 is 14.5 Å². The third kappa shape index (κ3) is 3.01. The molecule has 1 atom stereocenters. The van der Waals surface area contributed by atoms with Gasteiger partial charge in [0, 0.05) is 20.6 Å². The van der Waals surface area contributed by atoms with Gasteiger partial charge in [0.1, 0.15) is 17.6 Å². The first-order valence-electron chi connectivity index (χ1n) is 6.06. The van der Waals surface area contributed by atoms with Crippen molar-refractivity contribution in [1.82, 2.24) is 9.88 Å². The molecule has 1 amide bonds. The van der Waals surface area contributed by atoms with E-state index in [1.54, 1.807) is 26.2 Å². The number of morpholine rings is 1. The van der Waals surface area contributed by atoms with Gasteiger partial charge >= 0.3 is 0 Å². The Kier molecular flexibility index (Phi) is 3.97. The van der Waals surface area contributed by atoms with E-state index in [1.807, 2.05) is 17.0 Å². The minimum absolute atomic E-state index is 0.0545. The number of nitrogens with zero attached hydrogens (tertiary/aromatic N) is 4. The molecule has 0 bridgehead atoms. The predicted molar refractivity (Wildman–Crippen MR) is 69.6 cm³/mol. The van der Waals surface area contributed by atoms with Crippen LogP contribution in [0.25, 0.3) is 0 Å². The Morgan fingerprint density at radius 3 is 3.05 bits per heavy atom. The summed E-state index contributed by atoms with van der Waals surface area (Å²) in [7, 11) is 3.42. The average molecular weight is 260 g/mol. The zero-order valence-electron chi connectivity index (χ0n) is 11.0. The minimum Gasteiger partial charge on any atom is -0.365 e. The highest BCUT2D eigenvalue weighted by atomic mass is 16.5. The molecule has 0 spiro atoms. The molecule has 0 radical (unpaired) electrons. The van der Waals surface area contributed by atoms with Crippen molar-refractivity contribution in [2.24, 2.45) is 0 Å². The lowest BCUT2D eigenvalue weighted by Gasteiger charge is -2.34. The van der Waals surface area contributed by atoms with Crippen LogP contribution in [0.3, 0.4) is 0 Å². The van der Waals surface area contributed by atoms with E-state index in [9.17, 15) is 4.79 Å².